The summed E-state index contributed by atoms with van der Waals surface area (Å²) in [4.78, 5) is 0. The molecule has 0 fully saturated rings. The van der Waals surface area contributed by atoms with Crippen LogP contribution < -0.4 is 0 Å². The van der Waals surface area contributed by atoms with E-state index in [-0.39, 0.29) is 6.10 Å². The predicted octanol–water partition coefficient (Wildman–Crippen LogP) is 2.94. The summed E-state index contributed by atoms with van der Waals surface area (Å²) in [7, 11) is 0. The van der Waals surface area contributed by atoms with Crippen LogP contribution in [0, 0.1) is 11.3 Å². The van der Waals surface area contributed by atoms with Crippen molar-refractivity contribution in [2.45, 2.75) is 32.3 Å². The first-order chi connectivity index (χ1) is 7.33. The third kappa shape index (κ3) is 5.19. The van der Waals surface area contributed by atoms with E-state index in [1.165, 1.54) is 5.56 Å². The Morgan fingerprint density at radius 1 is 1.33 bits per heavy atom. The zero-order valence-corrected chi connectivity index (χ0v) is 9.15. The first-order valence-corrected chi connectivity index (χ1v) is 5.35. The fourth-order valence-corrected chi connectivity index (χ4v) is 1.39. The molecule has 1 atom stereocenters. The molecule has 0 aliphatic heterocycles. The van der Waals surface area contributed by atoms with Crippen LogP contribution >= 0.6 is 0 Å². The van der Waals surface area contributed by atoms with Gasteiger partial charge in [0.2, 0.25) is 0 Å². The van der Waals surface area contributed by atoms with E-state index in [2.05, 4.69) is 30.3 Å². The summed E-state index contributed by atoms with van der Waals surface area (Å²) in [6.07, 6.45) is 2.59. The molecule has 80 valence electrons. The molecule has 0 saturated heterocycles. The van der Waals surface area contributed by atoms with Gasteiger partial charge >= 0.3 is 0 Å². The van der Waals surface area contributed by atoms with Crippen LogP contribution in [-0.2, 0) is 11.2 Å². The standard InChI is InChI=1S/C13H17NO/c1-12(9-10-14)15-11-5-8-13-6-3-2-4-7-13/h2-4,6-7,12H,5,8-9,11H2,1H3. The second-order valence-corrected chi connectivity index (χ2v) is 3.63. The minimum absolute atomic E-state index is 0.0609. The molecular formula is C13H17NO. The summed E-state index contributed by atoms with van der Waals surface area (Å²) in [6.45, 7) is 2.67. The van der Waals surface area contributed by atoms with Gasteiger partial charge in [0, 0.05) is 6.61 Å². The van der Waals surface area contributed by atoms with Crippen molar-refractivity contribution >= 4 is 0 Å². The zero-order valence-electron chi connectivity index (χ0n) is 9.15. The molecule has 1 unspecified atom stereocenters. The van der Waals surface area contributed by atoms with Crippen molar-refractivity contribution in [3.8, 4) is 6.07 Å². The highest BCUT2D eigenvalue weighted by Crippen LogP contribution is 2.04. The molecule has 0 bridgehead atoms. The molecular weight excluding hydrogens is 186 g/mol. The monoisotopic (exact) mass is 203 g/mol. The Kier molecular flexibility index (Phi) is 5.50. The number of ether oxygens (including phenoxy) is 1. The van der Waals surface area contributed by atoms with Gasteiger partial charge in [-0.3, -0.25) is 0 Å². The summed E-state index contributed by atoms with van der Waals surface area (Å²) >= 11 is 0. The van der Waals surface area contributed by atoms with E-state index in [1.54, 1.807) is 0 Å². The number of hydrogen-bond donors (Lipinski definition) is 0. The number of rotatable bonds is 6. The zero-order chi connectivity index (χ0) is 10.9. The van der Waals surface area contributed by atoms with Crippen molar-refractivity contribution in [3.05, 3.63) is 35.9 Å². The van der Waals surface area contributed by atoms with Crippen molar-refractivity contribution < 1.29 is 4.74 Å². The van der Waals surface area contributed by atoms with Gasteiger partial charge < -0.3 is 4.74 Å². The molecule has 0 saturated carbocycles. The Balaban J connectivity index is 2.10. The molecule has 0 N–H and O–H groups in total. The summed E-state index contributed by atoms with van der Waals surface area (Å²) < 4.78 is 5.48. The Morgan fingerprint density at radius 2 is 2.07 bits per heavy atom. The third-order valence-electron chi connectivity index (χ3n) is 2.23. The maximum absolute atomic E-state index is 8.44. The van der Waals surface area contributed by atoms with Crippen LogP contribution in [0.25, 0.3) is 0 Å². The van der Waals surface area contributed by atoms with E-state index in [0.717, 1.165) is 19.4 Å². The van der Waals surface area contributed by atoms with Gasteiger partial charge in [-0.2, -0.15) is 5.26 Å². The first kappa shape index (κ1) is 11.7. The van der Waals surface area contributed by atoms with Crippen LogP contribution in [0.5, 0.6) is 0 Å². The molecule has 0 aliphatic carbocycles. The maximum atomic E-state index is 8.44. The maximum Gasteiger partial charge on any atom is 0.0676 e. The Labute approximate surface area is 91.5 Å². The largest absolute Gasteiger partial charge is 0.377 e. The molecule has 0 heterocycles. The van der Waals surface area contributed by atoms with Gasteiger partial charge in [0.15, 0.2) is 0 Å². The van der Waals surface area contributed by atoms with Gasteiger partial charge in [0.1, 0.15) is 0 Å². The number of nitrogens with zero attached hydrogens (tertiary/aromatic N) is 1. The molecule has 1 aromatic rings. The van der Waals surface area contributed by atoms with Crippen molar-refractivity contribution in [2.75, 3.05) is 6.61 Å². The molecule has 2 nitrogen and oxygen atoms in total. The SMILES string of the molecule is CC(CC#N)OCCCc1ccccc1. The van der Waals surface area contributed by atoms with E-state index < -0.39 is 0 Å². The highest BCUT2D eigenvalue weighted by Gasteiger charge is 2.00. The number of benzene rings is 1. The smallest absolute Gasteiger partial charge is 0.0676 e. The van der Waals surface area contributed by atoms with E-state index in [9.17, 15) is 0 Å². The topological polar surface area (TPSA) is 33.0 Å². The van der Waals surface area contributed by atoms with Gasteiger partial charge in [-0.1, -0.05) is 30.3 Å². The van der Waals surface area contributed by atoms with Crippen molar-refractivity contribution in [1.82, 2.24) is 0 Å². The molecule has 2 heteroatoms. The first-order valence-electron chi connectivity index (χ1n) is 5.35. The van der Waals surface area contributed by atoms with E-state index in [0.29, 0.717) is 6.42 Å². The molecule has 0 radical (unpaired) electrons. The van der Waals surface area contributed by atoms with E-state index in [4.69, 9.17) is 10.00 Å². The van der Waals surface area contributed by atoms with Gasteiger partial charge in [0.05, 0.1) is 18.6 Å². The van der Waals surface area contributed by atoms with Gasteiger partial charge in [-0.05, 0) is 25.3 Å². The highest BCUT2D eigenvalue weighted by molar-refractivity contribution is 5.14. The Hall–Kier alpha value is -1.33. The molecule has 0 amide bonds. The summed E-state index contributed by atoms with van der Waals surface area (Å²) in [6, 6.07) is 12.5. The second-order valence-electron chi connectivity index (χ2n) is 3.63. The van der Waals surface area contributed by atoms with Crippen LogP contribution in [0.15, 0.2) is 30.3 Å². The van der Waals surface area contributed by atoms with Crippen molar-refractivity contribution in [2.24, 2.45) is 0 Å². The minimum Gasteiger partial charge on any atom is -0.377 e. The lowest BCUT2D eigenvalue weighted by molar-refractivity contribution is 0.0677. The van der Waals surface area contributed by atoms with Gasteiger partial charge in [0.25, 0.3) is 0 Å². The van der Waals surface area contributed by atoms with Crippen molar-refractivity contribution in [1.29, 1.82) is 5.26 Å². The average Bonchev–Trinajstić information content (AvgIpc) is 2.26. The molecule has 1 aromatic carbocycles. The fraction of sp³-hybridized carbons (Fsp3) is 0.462. The van der Waals surface area contributed by atoms with E-state index in [1.807, 2.05) is 13.0 Å². The fourth-order valence-electron chi connectivity index (χ4n) is 1.39. The number of nitriles is 1. The Morgan fingerprint density at radius 3 is 2.73 bits per heavy atom. The van der Waals surface area contributed by atoms with E-state index >= 15 is 0 Å². The lowest BCUT2D eigenvalue weighted by atomic mass is 10.1. The number of aryl methyl sites for hydroxylation is 1. The predicted molar refractivity (Wildman–Crippen MR) is 60.4 cm³/mol. The van der Waals surface area contributed by atoms with Crippen molar-refractivity contribution in [3.63, 3.8) is 0 Å². The molecule has 0 spiro atoms. The Bertz CT molecular complexity index is 302. The lowest BCUT2D eigenvalue weighted by Gasteiger charge is -2.08. The highest BCUT2D eigenvalue weighted by atomic mass is 16.5. The molecule has 1 rings (SSSR count). The molecule has 15 heavy (non-hydrogen) atoms. The van der Waals surface area contributed by atoms with Crippen LogP contribution in [-0.4, -0.2) is 12.7 Å². The average molecular weight is 203 g/mol. The number of hydrogen-bond acceptors (Lipinski definition) is 2. The lowest BCUT2D eigenvalue weighted by Crippen LogP contribution is -2.08. The van der Waals surface area contributed by atoms with Crippen LogP contribution in [0.3, 0.4) is 0 Å². The third-order valence-corrected chi connectivity index (χ3v) is 2.23. The van der Waals surface area contributed by atoms with Gasteiger partial charge in [-0.25, -0.2) is 0 Å². The molecule has 0 aromatic heterocycles. The summed E-state index contributed by atoms with van der Waals surface area (Å²) in [5, 5.41) is 8.44. The normalized spacial score (nSPS) is 12.0. The summed E-state index contributed by atoms with van der Waals surface area (Å²) in [5.74, 6) is 0. The second kappa shape index (κ2) is 7.03. The minimum atomic E-state index is 0.0609. The van der Waals surface area contributed by atoms with Gasteiger partial charge in [-0.15, -0.1) is 0 Å². The van der Waals surface area contributed by atoms with Crippen LogP contribution in [0.4, 0.5) is 0 Å². The van der Waals surface area contributed by atoms with Crippen LogP contribution in [0.1, 0.15) is 25.3 Å². The molecule has 0 aliphatic rings. The quantitative estimate of drug-likeness (QED) is 0.666. The summed E-state index contributed by atoms with van der Waals surface area (Å²) in [5.41, 5.74) is 1.34. The van der Waals surface area contributed by atoms with Crippen LogP contribution in [0.2, 0.25) is 0 Å².